The Kier molecular flexibility index (Phi) is 11.4. The zero-order valence-electron chi connectivity index (χ0n) is 35.2. The molecule has 9 nitrogen and oxygen atoms in total. The molecule has 0 spiro atoms. The van der Waals surface area contributed by atoms with E-state index in [1.807, 2.05) is 12.4 Å². The number of carboxylic acids is 1. The minimum atomic E-state index is -1.15. The third-order valence-electron chi connectivity index (χ3n) is 15.9. The van der Waals surface area contributed by atoms with Crippen LogP contribution in [0, 0.1) is 56.7 Å². The number of likely N-dealkylation sites (N-methyl/N-ethyl adjacent to an activating group) is 1. The number of allylic oxidation sites excluding steroid dienone is 2. The Hall–Kier alpha value is -2.65. The highest BCUT2D eigenvalue weighted by molar-refractivity contribution is 6.00. The molecule has 54 heavy (non-hydrogen) atoms. The van der Waals surface area contributed by atoms with Crippen LogP contribution < -0.4 is 0 Å². The quantitative estimate of drug-likeness (QED) is 0.200. The van der Waals surface area contributed by atoms with Crippen molar-refractivity contribution in [2.45, 2.75) is 139 Å². The van der Waals surface area contributed by atoms with Crippen molar-refractivity contribution >= 4 is 17.7 Å². The number of carboxylic acid groups (broad SMARTS) is 1. The molecule has 5 aliphatic rings. The average Bonchev–Trinajstić information content (AvgIpc) is 3.39. The lowest BCUT2D eigenvalue weighted by molar-refractivity contribution is -0.214. The zero-order valence-corrected chi connectivity index (χ0v) is 35.2. The molecule has 0 bridgehead atoms. The number of hydrogen-bond donors (Lipinski definition) is 1. The summed E-state index contributed by atoms with van der Waals surface area (Å²) in [5.74, 6) is 1.29. The number of hydrogen-bond acceptors (Lipinski definition) is 8. The number of carbonyl (C=O) groups is 3. The molecule has 0 aromatic carbocycles. The number of fused-ring (bicyclic) bond motifs is 7. The summed E-state index contributed by atoms with van der Waals surface area (Å²) >= 11 is 0. The molecule has 4 saturated carbocycles. The number of rotatable bonds is 13. The molecule has 0 amide bonds. The van der Waals surface area contributed by atoms with Crippen LogP contribution in [0.4, 0.5) is 0 Å². The number of carbonyl (C=O) groups excluding carboxylic acids is 2. The van der Waals surface area contributed by atoms with Gasteiger partial charge in [-0.05, 0) is 138 Å². The predicted molar refractivity (Wildman–Crippen MR) is 211 cm³/mol. The van der Waals surface area contributed by atoms with E-state index in [1.165, 1.54) is 12.8 Å². The fraction of sp³-hybridized carbons (Fsp3) is 0.800. The van der Waals surface area contributed by atoms with Crippen molar-refractivity contribution < 1.29 is 24.2 Å². The van der Waals surface area contributed by atoms with E-state index in [1.54, 1.807) is 25.7 Å². The summed E-state index contributed by atoms with van der Waals surface area (Å²) in [4.78, 5) is 52.4. The Balaban J connectivity index is 1.23. The van der Waals surface area contributed by atoms with Gasteiger partial charge in [0.25, 0.3) is 0 Å². The summed E-state index contributed by atoms with van der Waals surface area (Å²) in [5.41, 5.74) is 2.78. The highest BCUT2D eigenvalue weighted by Gasteiger charge is 2.66. The highest BCUT2D eigenvalue weighted by atomic mass is 16.5. The molecule has 8 unspecified atom stereocenters. The number of aromatic nitrogens is 2. The van der Waals surface area contributed by atoms with Gasteiger partial charge in [-0.3, -0.25) is 19.3 Å². The van der Waals surface area contributed by atoms with Crippen molar-refractivity contribution in [3.63, 3.8) is 0 Å². The molecule has 1 N–H and O–H groups in total. The van der Waals surface area contributed by atoms with Gasteiger partial charge in [-0.1, -0.05) is 47.1 Å². The number of Topliss-reactive ketones (excluding diaryl/α,β-unsaturated/α-hetero) is 1. The van der Waals surface area contributed by atoms with Crippen molar-refractivity contribution in [1.29, 1.82) is 0 Å². The third kappa shape index (κ3) is 7.34. The Labute approximate surface area is 325 Å². The van der Waals surface area contributed by atoms with Crippen LogP contribution in [-0.4, -0.2) is 82.4 Å². The fourth-order valence-corrected chi connectivity index (χ4v) is 13.2. The Morgan fingerprint density at radius 2 is 1.61 bits per heavy atom. The van der Waals surface area contributed by atoms with Gasteiger partial charge in [-0.2, -0.15) is 0 Å². The lowest BCUT2D eigenvalue weighted by Crippen LogP contribution is -2.63. The first-order valence-electron chi connectivity index (χ1n) is 21.1. The number of aliphatic carboxylic acids is 1. The molecule has 1 heterocycles. The van der Waals surface area contributed by atoms with Gasteiger partial charge in [0, 0.05) is 54.8 Å². The number of ketones is 1. The first-order chi connectivity index (χ1) is 25.2. The molecule has 5 aliphatic carbocycles. The van der Waals surface area contributed by atoms with Crippen LogP contribution in [0.3, 0.4) is 0 Å². The fourth-order valence-electron chi connectivity index (χ4n) is 13.2. The van der Waals surface area contributed by atoms with Crippen molar-refractivity contribution in [2.75, 3.05) is 33.7 Å². The monoisotopic (exact) mass is 747 g/mol. The maximum Gasteiger partial charge on any atom is 0.309 e. The van der Waals surface area contributed by atoms with Crippen LogP contribution in [-0.2, 0) is 25.7 Å². The van der Waals surface area contributed by atoms with Crippen molar-refractivity contribution in [1.82, 2.24) is 19.8 Å². The smallest absolute Gasteiger partial charge is 0.309 e. The average molecular weight is 747 g/mol. The van der Waals surface area contributed by atoms with Crippen LogP contribution in [0.1, 0.15) is 132 Å². The van der Waals surface area contributed by atoms with Crippen LogP contribution in [0.2, 0.25) is 0 Å². The van der Waals surface area contributed by atoms with E-state index >= 15 is 0 Å². The van der Waals surface area contributed by atoms with Gasteiger partial charge in [0.15, 0.2) is 5.78 Å². The normalized spacial score (nSPS) is 34.8. The molecule has 1 aromatic rings. The molecule has 4 fully saturated rings. The van der Waals surface area contributed by atoms with E-state index in [0.717, 1.165) is 82.3 Å². The predicted octanol–water partition coefficient (Wildman–Crippen LogP) is 8.23. The van der Waals surface area contributed by atoms with Crippen molar-refractivity contribution in [3.05, 3.63) is 35.4 Å². The standard InChI is InChI=1S/C45H70N4O5/c1-29(2)38-33(50)23-45(19-20-49(22-21-48(9)10)27-30-25-46-28-47-26-30)18-13-32-31(39(38)45)11-12-35-43(32,7)16-14-34-42(5,6)36(15-17-44(34,35)8)54-37(51)24-41(3,4)40(52)53/h25-26,28-29,31-32,34-36H,11-24,27H2,1-10H3,(H,52,53). The van der Waals surface area contributed by atoms with E-state index in [-0.39, 0.29) is 40.1 Å². The summed E-state index contributed by atoms with van der Waals surface area (Å²) in [6, 6.07) is 0. The summed E-state index contributed by atoms with van der Waals surface area (Å²) in [7, 11) is 4.26. The second-order valence-electron chi connectivity index (χ2n) is 20.6. The Morgan fingerprint density at radius 3 is 2.26 bits per heavy atom. The second kappa shape index (κ2) is 15.0. The largest absolute Gasteiger partial charge is 0.481 e. The van der Waals surface area contributed by atoms with Gasteiger partial charge in [-0.15, -0.1) is 0 Å². The molecule has 1 aromatic heterocycles. The number of esters is 1. The Morgan fingerprint density at radius 1 is 0.926 bits per heavy atom. The van der Waals surface area contributed by atoms with Crippen LogP contribution in [0.15, 0.2) is 29.9 Å². The van der Waals surface area contributed by atoms with E-state index in [0.29, 0.717) is 35.9 Å². The molecule has 9 heteroatoms. The van der Waals surface area contributed by atoms with Gasteiger partial charge < -0.3 is 14.7 Å². The van der Waals surface area contributed by atoms with E-state index < -0.39 is 17.4 Å². The van der Waals surface area contributed by atoms with Gasteiger partial charge >= 0.3 is 11.9 Å². The van der Waals surface area contributed by atoms with Crippen LogP contribution in [0.5, 0.6) is 0 Å². The molecule has 0 radical (unpaired) electrons. The Bertz CT molecular complexity index is 1600. The van der Waals surface area contributed by atoms with E-state index in [4.69, 9.17) is 4.74 Å². The van der Waals surface area contributed by atoms with Gasteiger partial charge in [0.1, 0.15) is 12.4 Å². The van der Waals surface area contributed by atoms with Crippen LogP contribution >= 0.6 is 0 Å². The molecule has 0 saturated heterocycles. The lowest BCUT2D eigenvalue weighted by Gasteiger charge is -2.69. The first-order valence-corrected chi connectivity index (χ1v) is 21.1. The number of ether oxygens (including phenoxy) is 1. The molecule has 8 atom stereocenters. The number of nitrogens with zero attached hydrogens (tertiary/aromatic N) is 4. The maximum atomic E-state index is 14.1. The topological polar surface area (TPSA) is 113 Å². The van der Waals surface area contributed by atoms with Gasteiger partial charge in [0.2, 0.25) is 0 Å². The minimum Gasteiger partial charge on any atom is -0.481 e. The van der Waals surface area contributed by atoms with Gasteiger partial charge in [-0.25, -0.2) is 9.97 Å². The molecular formula is C45H70N4O5. The summed E-state index contributed by atoms with van der Waals surface area (Å²) < 4.78 is 6.18. The third-order valence-corrected chi connectivity index (χ3v) is 15.9. The second-order valence-corrected chi connectivity index (χ2v) is 20.6. The lowest BCUT2D eigenvalue weighted by atomic mass is 9.36. The highest BCUT2D eigenvalue weighted by Crippen LogP contribution is 2.73. The summed E-state index contributed by atoms with van der Waals surface area (Å²) in [6.45, 7) is 21.2. The molecule has 300 valence electrons. The molecular weight excluding hydrogens is 677 g/mol. The van der Waals surface area contributed by atoms with E-state index in [2.05, 4.69) is 75.4 Å². The summed E-state index contributed by atoms with van der Waals surface area (Å²) in [5, 5.41) is 9.62. The minimum absolute atomic E-state index is 0.0508. The molecule has 6 rings (SSSR count). The first kappa shape index (κ1) is 41.0. The maximum absolute atomic E-state index is 14.1. The molecule has 0 aliphatic heterocycles. The SMILES string of the molecule is CC(C)C1=C2C3CCC4C(C)(CCC5C(C)(C)C(OC(=O)CC(C)(C)C(=O)O)CCC54C)C3CCC2(CCN(CCN(C)C)Cc2cncnc2)CC1=O. The summed E-state index contributed by atoms with van der Waals surface area (Å²) in [6.07, 6.45) is 15.6. The van der Waals surface area contributed by atoms with Gasteiger partial charge in [0.05, 0.1) is 11.8 Å². The van der Waals surface area contributed by atoms with Crippen molar-refractivity contribution in [3.8, 4) is 0 Å². The zero-order chi connectivity index (χ0) is 39.4. The van der Waals surface area contributed by atoms with Crippen LogP contribution in [0.25, 0.3) is 0 Å². The van der Waals surface area contributed by atoms with E-state index in [9.17, 15) is 19.5 Å². The van der Waals surface area contributed by atoms with Crippen molar-refractivity contribution in [2.24, 2.45) is 56.7 Å².